The van der Waals surface area contributed by atoms with E-state index in [-0.39, 0.29) is 11.8 Å². The van der Waals surface area contributed by atoms with Gasteiger partial charge in [0.05, 0.1) is 11.6 Å². The number of carbonyl (C=O) groups is 1. The van der Waals surface area contributed by atoms with Crippen molar-refractivity contribution in [1.82, 2.24) is 15.5 Å². The minimum Gasteiger partial charge on any atom is -0.356 e. The SMILES string of the molecule is Cc1ccc(-c2ccc(N3CCC[C@H](C(=O)NCCCc4ccccc4)C3)nn2)cc1. The molecule has 160 valence electrons. The molecule has 2 heterocycles. The molecule has 5 heteroatoms. The van der Waals surface area contributed by atoms with Crippen LogP contribution in [0.15, 0.2) is 66.7 Å². The maximum Gasteiger partial charge on any atom is 0.224 e. The Balaban J connectivity index is 1.28. The summed E-state index contributed by atoms with van der Waals surface area (Å²) >= 11 is 0. The highest BCUT2D eigenvalue weighted by Gasteiger charge is 2.26. The van der Waals surface area contributed by atoms with Crippen LogP contribution in [0.2, 0.25) is 0 Å². The van der Waals surface area contributed by atoms with Crippen LogP contribution in [0.4, 0.5) is 5.82 Å². The molecule has 1 N–H and O–H groups in total. The summed E-state index contributed by atoms with van der Waals surface area (Å²) in [5.74, 6) is 1.00. The number of piperidine rings is 1. The quantitative estimate of drug-likeness (QED) is 0.582. The summed E-state index contributed by atoms with van der Waals surface area (Å²) in [7, 11) is 0. The largest absolute Gasteiger partial charge is 0.356 e. The van der Waals surface area contributed by atoms with Gasteiger partial charge in [0.15, 0.2) is 5.82 Å². The van der Waals surface area contributed by atoms with Crippen LogP contribution in [0.3, 0.4) is 0 Å². The molecule has 1 saturated heterocycles. The number of hydrogen-bond acceptors (Lipinski definition) is 4. The molecule has 1 aromatic heterocycles. The number of carbonyl (C=O) groups excluding carboxylic acids is 1. The number of hydrogen-bond donors (Lipinski definition) is 1. The van der Waals surface area contributed by atoms with Gasteiger partial charge in [-0.2, -0.15) is 0 Å². The average molecular weight is 415 g/mol. The lowest BCUT2D eigenvalue weighted by Gasteiger charge is -2.32. The number of amides is 1. The van der Waals surface area contributed by atoms with Crippen molar-refractivity contribution >= 4 is 11.7 Å². The van der Waals surface area contributed by atoms with Gasteiger partial charge in [0.25, 0.3) is 0 Å². The average Bonchev–Trinajstić information content (AvgIpc) is 2.83. The molecule has 2 aromatic carbocycles. The lowest BCUT2D eigenvalue weighted by Crippen LogP contribution is -2.43. The summed E-state index contributed by atoms with van der Waals surface area (Å²) < 4.78 is 0. The maximum absolute atomic E-state index is 12.7. The van der Waals surface area contributed by atoms with Gasteiger partial charge >= 0.3 is 0 Å². The Bertz CT molecular complexity index is 971. The zero-order valence-electron chi connectivity index (χ0n) is 18.1. The first-order chi connectivity index (χ1) is 15.2. The van der Waals surface area contributed by atoms with E-state index in [2.05, 4.69) is 75.9 Å². The van der Waals surface area contributed by atoms with E-state index in [1.165, 1.54) is 11.1 Å². The highest BCUT2D eigenvalue weighted by atomic mass is 16.1. The molecule has 4 rings (SSSR count). The minimum atomic E-state index is 0.00375. The van der Waals surface area contributed by atoms with Crippen molar-refractivity contribution in [2.75, 3.05) is 24.5 Å². The zero-order chi connectivity index (χ0) is 21.5. The number of benzene rings is 2. The van der Waals surface area contributed by atoms with Gasteiger partial charge < -0.3 is 10.2 Å². The van der Waals surface area contributed by atoms with Gasteiger partial charge in [-0.05, 0) is 50.3 Å². The number of anilines is 1. The Kier molecular flexibility index (Phi) is 6.92. The molecule has 1 aliphatic rings. The van der Waals surface area contributed by atoms with Crippen LogP contribution < -0.4 is 10.2 Å². The molecule has 3 aromatic rings. The Labute approximate surface area is 184 Å². The Morgan fingerprint density at radius 2 is 1.84 bits per heavy atom. The highest BCUT2D eigenvalue weighted by molar-refractivity contribution is 5.79. The van der Waals surface area contributed by atoms with Gasteiger partial charge in [-0.3, -0.25) is 4.79 Å². The third-order valence-electron chi connectivity index (χ3n) is 5.90. The first kappa shape index (κ1) is 21.0. The predicted octanol–water partition coefficient (Wildman–Crippen LogP) is 4.42. The van der Waals surface area contributed by atoms with E-state index in [1.807, 2.05) is 18.2 Å². The zero-order valence-corrected chi connectivity index (χ0v) is 18.1. The van der Waals surface area contributed by atoms with Crippen LogP contribution in [-0.4, -0.2) is 35.7 Å². The maximum atomic E-state index is 12.7. The number of aromatic nitrogens is 2. The van der Waals surface area contributed by atoms with E-state index in [4.69, 9.17) is 0 Å². The fourth-order valence-corrected chi connectivity index (χ4v) is 4.06. The lowest BCUT2D eigenvalue weighted by molar-refractivity contribution is -0.125. The Morgan fingerprint density at radius 1 is 1.03 bits per heavy atom. The monoisotopic (exact) mass is 414 g/mol. The van der Waals surface area contributed by atoms with Gasteiger partial charge in [0.2, 0.25) is 5.91 Å². The van der Waals surface area contributed by atoms with Gasteiger partial charge in [0, 0.05) is 25.2 Å². The second kappa shape index (κ2) is 10.2. The standard InChI is InChI=1S/C26H30N4O/c1-20-11-13-22(14-12-20)24-15-16-25(29-28-24)30-18-6-10-23(19-30)26(31)27-17-5-9-21-7-3-2-4-8-21/h2-4,7-8,11-16,23H,5-6,9-10,17-19H2,1H3,(H,27,31)/t23-/m0/s1. The second-order valence-electron chi connectivity index (χ2n) is 8.31. The third-order valence-corrected chi connectivity index (χ3v) is 5.90. The first-order valence-corrected chi connectivity index (χ1v) is 11.2. The summed E-state index contributed by atoms with van der Waals surface area (Å²) in [5, 5.41) is 12.0. The van der Waals surface area contributed by atoms with Crippen molar-refractivity contribution in [2.24, 2.45) is 5.92 Å². The van der Waals surface area contributed by atoms with Crippen molar-refractivity contribution in [1.29, 1.82) is 0 Å². The van der Waals surface area contributed by atoms with Crippen LogP contribution in [0, 0.1) is 12.8 Å². The van der Waals surface area contributed by atoms with Crippen LogP contribution in [0.1, 0.15) is 30.4 Å². The van der Waals surface area contributed by atoms with Crippen LogP contribution in [0.5, 0.6) is 0 Å². The summed E-state index contributed by atoms with van der Waals surface area (Å²) in [6.07, 6.45) is 3.86. The Morgan fingerprint density at radius 3 is 2.58 bits per heavy atom. The van der Waals surface area contributed by atoms with Crippen molar-refractivity contribution < 1.29 is 4.79 Å². The summed E-state index contributed by atoms with van der Waals surface area (Å²) in [5.41, 5.74) is 4.48. The smallest absolute Gasteiger partial charge is 0.224 e. The fraction of sp³-hybridized carbons (Fsp3) is 0.346. The molecule has 1 fully saturated rings. The van der Waals surface area contributed by atoms with Crippen molar-refractivity contribution in [3.05, 3.63) is 77.9 Å². The molecule has 0 unspecified atom stereocenters. The molecule has 0 saturated carbocycles. The first-order valence-electron chi connectivity index (χ1n) is 11.2. The normalized spacial score (nSPS) is 16.2. The number of nitrogens with one attached hydrogen (secondary N) is 1. The minimum absolute atomic E-state index is 0.00375. The van der Waals surface area contributed by atoms with E-state index < -0.39 is 0 Å². The van der Waals surface area contributed by atoms with Crippen molar-refractivity contribution in [2.45, 2.75) is 32.6 Å². The van der Waals surface area contributed by atoms with Crippen LogP contribution in [0.25, 0.3) is 11.3 Å². The number of aryl methyl sites for hydroxylation is 2. The summed E-state index contributed by atoms with van der Waals surface area (Å²) in [4.78, 5) is 14.9. The molecule has 5 nitrogen and oxygen atoms in total. The lowest BCUT2D eigenvalue weighted by atomic mass is 9.97. The highest BCUT2D eigenvalue weighted by Crippen LogP contribution is 2.23. The van der Waals surface area contributed by atoms with Gasteiger partial charge in [-0.15, -0.1) is 10.2 Å². The van der Waals surface area contributed by atoms with Gasteiger partial charge in [-0.25, -0.2) is 0 Å². The Hall–Kier alpha value is -3.21. The van der Waals surface area contributed by atoms with Gasteiger partial charge in [0.1, 0.15) is 0 Å². The van der Waals surface area contributed by atoms with E-state index in [1.54, 1.807) is 0 Å². The van der Waals surface area contributed by atoms with E-state index in [9.17, 15) is 4.79 Å². The second-order valence-corrected chi connectivity index (χ2v) is 8.31. The van der Waals surface area contributed by atoms with E-state index in [0.29, 0.717) is 6.54 Å². The number of nitrogens with zero attached hydrogens (tertiary/aromatic N) is 3. The van der Waals surface area contributed by atoms with Gasteiger partial charge in [-0.1, -0.05) is 60.2 Å². The molecular weight excluding hydrogens is 384 g/mol. The molecule has 0 spiro atoms. The molecule has 1 amide bonds. The fourth-order valence-electron chi connectivity index (χ4n) is 4.06. The number of rotatable bonds is 7. The predicted molar refractivity (Wildman–Crippen MR) is 125 cm³/mol. The summed E-state index contributed by atoms with van der Waals surface area (Å²) in [6.45, 7) is 4.40. The summed E-state index contributed by atoms with van der Waals surface area (Å²) in [6, 6.07) is 22.7. The molecule has 31 heavy (non-hydrogen) atoms. The molecule has 0 aliphatic carbocycles. The van der Waals surface area contributed by atoms with Crippen LogP contribution in [-0.2, 0) is 11.2 Å². The molecule has 1 atom stereocenters. The van der Waals surface area contributed by atoms with E-state index in [0.717, 1.165) is 55.8 Å². The molecule has 1 aliphatic heterocycles. The topological polar surface area (TPSA) is 58.1 Å². The van der Waals surface area contributed by atoms with Crippen LogP contribution >= 0.6 is 0 Å². The van der Waals surface area contributed by atoms with Crippen molar-refractivity contribution in [3.63, 3.8) is 0 Å². The third kappa shape index (κ3) is 5.69. The molecule has 0 bridgehead atoms. The van der Waals surface area contributed by atoms with E-state index >= 15 is 0 Å². The van der Waals surface area contributed by atoms with Crippen molar-refractivity contribution in [3.8, 4) is 11.3 Å². The molecular formula is C26H30N4O. The molecule has 0 radical (unpaired) electrons.